The van der Waals surface area contributed by atoms with Gasteiger partial charge in [0.25, 0.3) is 0 Å². The molecule has 0 amide bonds. The summed E-state index contributed by atoms with van der Waals surface area (Å²) in [5.41, 5.74) is 1.28. The van der Waals surface area contributed by atoms with E-state index in [2.05, 4.69) is 5.32 Å². The first-order valence-electron chi connectivity index (χ1n) is 6.02. The molecule has 0 aliphatic carbocycles. The van der Waals surface area contributed by atoms with Crippen molar-refractivity contribution < 1.29 is 18.3 Å². The van der Waals surface area contributed by atoms with Gasteiger partial charge in [0.2, 0.25) is 0 Å². The SMILES string of the molecule is CNC(C)c1ccc(N(C)CCC(F)(F)F)cc1O. The third-order valence-corrected chi connectivity index (χ3v) is 3.08. The molecule has 0 heterocycles. The van der Waals surface area contributed by atoms with Gasteiger partial charge in [-0.1, -0.05) is 6.07 Å². The maximum absolute atomic E-state index is 12.1. The number of anilines is 1. The number of alkyl halides is 3. The van der Waals surface area contributed by atoms with Crippen LogP contribution < -0.4 is 10.2 Å². The summed E-state index contributed by atoms with van der Waals surface area (Å²) in [6.07, 6.45) is -5.05. The van der Waals surface area contributed by atoms with E-state index >= 15 is 0 Å². The minimum absolute atomic E-state index is 0.0190. The molecule has 0 spiro atoms. The maximum atomic E-state index is 12.1. The second-order valence-electron chi connectivity index (χ2n) is 4.54. The molecule has 0 aliphatic rings. The van der Waals surface area contributed by atoms with Gasteiger partial charge in [0, 0.05) is 37.0 Å². The third kappa shape index (κ3) is 4.63. The Labute approximate surface area is 111 Å². The minimum atomic E-state index is -4.17. The lowest BCUT2D eigenvalue weighted by Crippen LogP contribution is -2.24. The van der Waals surface area contributed by atoms with Crippen LogP contribution in [0.3, 0.4) is 0 Å². The fraction of sp³-hybridized carbons (Fsp3) is 0.538. The number of halogens is 3. The maximum Gasteiger partial charge on any atom is 0.390 e. The van der Waals surface area contributed by atoms with E-state index in [0.717, 1.165) is 5.56 Å². The number of benzene rings is 1. The van der Waals surface area contributed by atoms with Gasteiger partial charge >= 0.3 is 6.18 Å². The van der Waals surface area contributed by atoms with Gasteiger partial charge in [0.05, 0.1) is 6.42 Å². The number of hydrogen-bond donors (Lipinski definition) is 2. The lowest BCUT2D eigenvalue weighted by Gasteiger charge is -2.22. The summed E-state index contributed by atoms with van der Waals surface area (Å²) >= 11 is 0. The van der Waals surface area contributed by atoms with E-state index in [0.29, 0.717) is 5.69 Å². The molecule has 2 N–H and O–H groups in total. The fourth-order valence-electron chi connectivity index (χ4n) is 1.71. The first-order valence-corrected chi connectivity index (χ1v) is 6.02. The molecule has 1 unspecified atom stereocenters. The monoisotopic (exact) mass is 276 g/mol. The molecule has 0 radical (unpaired) electrons. The van der Waals surface area contributed by atoms with Crippen molar-refractivity contribution in [1.29, 1.82) is 0 Å². The Hall–Kier alpha value is -1.43. The molecule has 19 heavy (non-hydrogen) atoms. The zero-order chi connectivity index (χ0) is 14.6. The topological polar surface area (TPSA) is 35.5 Å². The Kier molecular flexibility index (Phi) is 5.05. The van der Waals surface area contributed by atoms with Crippen LogP contribution in [0.1, 0.15) is 24.9 Å². The molecule has 108 valence electrons. The molecule has 0 aliphatic heterocycles. The number of nitrogens with one attached hydrogen (secondary N) is 1. The molecule has 1 aromatic carbocycles. The highest BCUT2D eigenvalue weighted by Gasteiger charge is 2.27. The van der Waals surface area contributed by atoms with Crippen LogP contribution in [0.25, 0.3) is 0 Å². The number of phenolic OH excluding ortho intramolecular Hbond substituents is 1. The summed E-state index contributed by atoms with van der Waals surface area (Å²) in [4.78, 5) is 1.47. The normalized spacial score (nSPS) is 13.4. The zero-order valence-electron chi connectivity index (χ0n) is 11.3. The predicted molar refractivity (Wildman–Crippen MR) is 69.5 cm³/mol. The van der Waals surface area contributed by atoms with Crippen molar-refractivity contribution in [3.63, 3.8) is 0 Å². The van der Waals surface area contributed by atoms with Crippen LogP contribution in [0.15, 0.2) is 18.2 Å². The van der Waals surface area contributed by atoms with Gasteiger partial charge in [0.15, 0.2) is 0 Å². The van der Waals surface area contributed by atoms with Crippen molar-refractivity contribution in [3.8, 4) is 5.75 Å². The van der Waals surface area contributed by atoms with Gasteiger partial charge in [-0.05, 0) is 20.0 Å². The molecule has 6 heteroatoms. The summed E-state index contributed by atoms with van der Waals surface area (Å²) < 4.78 is 36.4. The Morgan fingerprint density at radius 3 is 2.47 bits per heavy atom. The lowest BCUT2D eigenvalue weighted by atomic mass is 10.1. The molecule has 0 saturated heterocycles. The van der Waals surface area contributed by atoms with Crippen LogP contribution in [0, 0.1) is 0 Å². The van der Waals surface area contributed by atoms with Crippen LogP contribution in [0.5, 0.6) is 5.75 Å². The number of hydrogen-bond acceptors (Lipinski definition) is 3. The zero-order valence-corrected chi connectivity index (χ0v) is 11.3. The van der Waals surface area contributed by atoms with Gasteiger partial charge in [-0.2, -0.15) is 13.2 Å². The largest absolute Gasteiger partial charge is 0.508 e. The van der Waals surface area contributed by atoms with Gasteiger partial charge in [-0.3, -0.25) is 0 Å². The quantitative estimate of drug-likeness (QED) is 0.867. The smallest absolute Gasteiger partial charge is 0.390 e. The predicted octanol–water partition coefficient (Wildman–Crippen LogP) is 3.06. The second-order valence-corrected chi connectivity index (χ2v) is 4.54. The molecule has 1 rings (SSSR count). The minimum Gasteiger partial charge on any atom is -0.508 e. The van der Waals surface area contributed by atoms with Gasteiger partial charge in [-0.25, -0.2) is 0 Å². The number of phenols is 1. The van der Waals surface area contributed by atoms with E-state index in [4.69, 9.17) is 0 Å². The van der Waals surface area contributed by atoms with Crippen LogP contribution in [-0.2, 0) is 0 Å². The van der Waals surface area contributed by atoms with Crippen molar-refractivity contribution in [1.82, 2.24) is 5.32 Å². The third-order valence-electron chi connectivity index (χ3n) is 3.08. The molecule has 0 fully saturated rings. The van der Waals surface area contributed by atoms with Crippen molar-refractivity contribution in [3.05, 3.63) is 23.8 Å². The van der Waals surface area contributed by atoms with E-state index in [9.17, 15) is 18.3 Å². The number of rotatable bonds is 5. The van der Waals surface area contributed by atoms with E-state index in [1.807, 2.05) is 6.92 Å². The van der Waals surface area contributed by atoms with E-state index < -0.39 is 12.6 Å². The number of aromatic hydroxyl groups is 1. The van der Waals surface area contributed by atoms with E-state index in [-0.39, 0.29) is 18.3 Å². The first-order chi connectivity index (χ1) is 8.74. The Morgan fingerprint density at radius 2 is 2.00 bits per heavy atom. The Morgan fingerprint density at radius 1 is 1.37 bits per heavy atom. The van der Waals surface area contributed by atoms with Crippen LogP contribution in [0.2, 0.25) is 0 Å². The van der Waals surface area contributed by atoms with Gasteiger partial charge in [0.1, 0.15) is 5.75 Å². The molecule has 0 saturated carbocycles. The standard InChI is InChI=1S/C13H19F3N2O/c1-9(17-2)11-5-4-10(8-12(11)19)18(3)7-6-13(14,15)16/h4-5,8-9,17,19H,6-7H2,1-3H3. The van der Waals surface area contributed by atoms with Crippen LogP contribution >= 0.6 is 0 Å². The average molecular weight is 276 g/mol. The summed E-state index contributed by atoms with van der Waals surface area (Å²) in [5.74, 6) is 0.0817. The molecular weight excluding hydrogens is 257 g/mol. The highest BCUT2D eigenvalue weighted by molar-refractivity contribution is 5.53. The summed E-state index contributed by atoms with van der Waals surface area (Å²) in [6.45, 7) is 1.76. The highest BCUT2D eigenvalue weighted by Crippen LogP contribution is 2.29. The van der Waals surface area contributed by atoms with Crippen molar-refractivity contribution in [2.24, 2.45) is 0 Å². The summed E-state index contributed by atoms with van der Waals surface area (Å²) in [5, 5.41) is 12.9. The first kappa shape index (κ1) is 15.6. The summed E-state index contributed by atoms with van der Waals surface area (Å²) in [7, 11) is 3.34. The molecule has 1 aromatic rings. The molecule has 0 bridgehead atoms. The number of nitrogens with zero attached hydrogens (tertiary/aromatic N) is 1. The van der Waals surface area contributed by atoms with E-state index in [1.54, 1.807) is 26.2 Å². The lowest BCUT2D eigenvalue weighted by molar-refractivity contribution is -0.132. The highest BCUT2D eigenvalue weighted by atomic mass is 19.4. The molecule has 1 atom stereocenters. The van der Waals surface area contributed by atoms with Gasteiger partial charge in [-0.15, -0.1) is 0 Å². The average Bonchev–Trinajstić information content (AvgIpc) is 2.34. The van der Waals surface area contributed by atoms with Crippen molar-refractivity contribution in [2.75, 3.05) is 25.5 Å². The molecule has 3 nitrogen and oxygen atoms in total. The summed E-state index contributed by atoms with van der Waals surface area (Å²) in [6, 6.07) is 4.89. The molecular formula is C13H19F3N2O. The van der Waals surface area contributed by atoms with Crippen molar-refractivity contribution >= 4 is 5.69 Å². The second kappa shape index (κ2) is 6.14. The Bertz CT molecular complexity index is 421. The molecule has 0 aromatic heterocycles. The van der Waals surface area contributed by atoms with Gasteiger partial charge < -0.3 is 15.3 Å². The Balaban J connectivity index is 2.77. The van der Waals surface area contributed by atoms with E-state index in [1.165, 1.54) is 11.0 Å². The van der Waals surface area contributed by atoms with Crippen LogP contribution in [-0.4, -0.2) is 31.9 Å². The fourth-order valence-corrected chi connectivity index (χ4v) is 1.71. The van der Waals surface area contributed by atoms with Crippen LogP contribution in [0.4, 0.5) is 18.9 Å². The van der Waals surface area contributed by atoms with Crippen molar-refractivity contribution in [2.45, 2.75) is 25.6 Å².